The molecule has 0 aliphatic carbocycles. The van der Waals surface area contributed by atoms with Crippen LogP contribution in [-0.2, 0) is 11.2 Å². The third kappa shape index (κ3) is 3.70. The summed E-state index contributed by atoms with van der Waals surface area (Å²) < 4.78 is 6.33. The Morgan fingerprint density at radius 1 is 1.30 bits per heavy atom. The molecule has 0 amide bonds. The molecule has 0 spiro atoms. The van der Waals surface area contributed by atoms with Gasteiger partial charge in [0, 0.05) is 12.0 Å². The van der Waals surface area contributed by atoms with Crippen molar-refractivity contribution in [2.45, 2.75) is 19.4 Å². The van der Waals surface area contributed by atoms with Gasteiger partial charge in [0.2, 0.25) is 0 Å². The molecule has 20 heavy (non-hydrogen) atoms. The number of rotatable bonds is 6. The van der Waals surface area contributed by atoms with Gasteiger partial charge in [0.25, 0.3) is 0 Å². The van der Waals surface area contributed by atoms with Gasteiger partial charge in [-0.1, -0.05) is 24.3 Å². The van der Waals surface area contributed by atoms with Gasteiger partial charge in [-0.25, -0.2) is 0 Å². The van der Waals surface area contributed by atoms with Crippen LogP contribution >= 0.6 is 27.3 Å². The van der Waals surface area contributed by atoms with Gasteiger partial charge in [0.05, 0.1) is 16.4 Å². The van der Waals surface area contributed by atoms with E-state index in [0.717, 1.165) is 13.0 Å². The molecule has 1 atom stereocenters. The van der Waals surface area contributed by atoms with Gasteiger partial charge in [-0.3, -0.25) is 0 Å². The smallest absolute Gasteiger partial charge is 0.0731 e. The zero-order chi connectivity index (χ0) is 14.5. The van der Waals surface area contributed by atoms with Crippen molar-refractivity contribution in [3.05, 3.63) is 55.7 Å². The van der Waals surface area contributed by atoms with Crippen molar-refractivity contribution in [2.24, 2.45) is 0 Å². The number of hydrogen-bond donors (Lipinski definition) is 1. The Hall–Kier alpha value is -0.680. The maximum Gasteiger partial charge on any atom is 0.0731 e. The molecule has 0 fully saturated rings. The Balaban J connectivity index is 2.19. The molecule has 0 aliphatic rings. The van der Waals surface area contributed by atoms with E-state index in [0.29, 0.717) is 0 Å². The van der Waals surface area contributed by atoms with Crippen LogP contribution < -0.4 is 5.32 Å². The third-order valence-corrected chi connectivity index (χ3v) is 5.56. The molecule has 0 radical (unpaired) electrons. The van der Waals surface area contributed by atoms with E-state index in [1.807, 2.05) is 7.05 Å². The Kier molecular flexibility index (Phi) is 5.78. The highest BCUT2D eigenvalue weighted by Gasteiger charge is 2.15. The minimum absolute atomic E-state index is 0.251. The second kappa shape index (κ2) is 7.36. The lowest BCUT2D eigenvalue weighted by Gasteiger charge is -2.15. The fraction of sp³-hybridized carbons (Fsp3) is 0.375. The maximum atomic E-state index is 5.11. The first-order valence-corrected chi connectivity index (χ1v) is 8.27. The molecule has 1 aromatic heterocycles. The molecule has 1 aromatic carbocycles. The van der Waals surface area contributed by atoms with E-state index in [2.05, 4.69) is 58.5 Å². The molecule has 1 unspecified atom stereocenters. The van der Waals surface area contributed by atoms with E-state index in [4.69, 9.17) is 4.74 Å². The minimum atomic E-state index is 0.251. The molecule has 4 heteroatoms. The van der Waals surface area contributed by atoms with Gasteiger partial charge in [0.1, 0.15) is 0 Å². The fourth-order valence-electron chi connectivity index (χ4n) is 2.20. The molecule has 2 rings (SSSR count). The topological polar surface area (TPSA) is 21.3 Å². The SMILES string of the molecule is CNC(c1ccc(CCOC)cc1)c1cc(C)c(Br)s1. The fourth-order valence-corrected chi connectivity index (χ4v) is 3.91. The van der Waals surface area contributed by atoms with Crippen LogP contribution in [0.15, 0.2) is 34.1 Å². The molecule has 0 bridgehead atoms. The largest absolute Gasteiger partial charge is 0.384 e. The molecular formula is C16H20BrNOS. The van der Waals surface area contributed by atoms with Crippen LogP contribution in [0.2, 0.25) is 0 Å². The first-order chi connectivity index (χ1) is 9.65. The molecule has 108 valence electrons. The van der Waals surface area contributed by atoms with Crippen molar-refractivity contribution < 1.29 is 4.74 Å². The minimum Gasteiger partial charge on any atom is -0.384 e. The van der Waals surface area contributed by atoms with Gasteiger partial charge >= 0.3 is 0 Å². The lowest BCUT2D eigenvalue weighted by atomic mass is 10.0. The van der Waals surface area contributed by atoms with E-state index in [9.17, 15) is 0 Å². The maximum absolute atomic E-state index is 5.11. The first-order valence-electron chi connectivity index (χ1n) is 6.66. The zero-order valence-electron chi connectivity index (χ0n) is 12.1. The lowest BCUT2D eigenvalue weighted by molar-refractivity contribution is 0.202. The number of hydrogen-bond acceptors (Lipinski definition) is 3. The molecule has 0 saturated heterocycles. The predicted octanol–water partition coefficient (Wildman–Crippen LogP) is 4.32. The summed E-state index contributed by atoms with van der Waals surface area (Å²) in [5, 5.41) is 3.40. The highest BCUT2D eigenvalue weighted by molar-refractivity contribution is 9.11. The Bertz CT molecular complexity index is 531. The van der Waals surface area contributed by atoms with Crippen molar-refractivity contribution in [2.75, 3.05) is 20.8 Å². The molecule has 2 nitrogen and oxygen atoms in total. The van der Waals surface area contributed by atoms with Crippen LogP contribution in [0.3, 0.4) is 0 Å². The standard InChI is InChI=1S/C16H20BrNOS/c1-11-10-14(20-16(11)17)15(18-2)13-6-4-12(5-7-13)8-9-19-3/h4-7,10,15,18H,8-9H2,1-3H3. The van der Waals surface area contributed by atoms with Crippen LogP contribution in [0, 0.1) is 6.92 Å². The van der Waals surface area contributed by atoms with Crippen molar-refractivity contribution in [3.63, 3.8) is 0 Å². The van der Waals surface area contributed by atoms with Crippen LogP contribution in [-0.4, -0.2) is 20.8 Å². The third-order valence-electron chi connectivity index (χ3n) is 3.36. The molecule has 1 N–H and O–H groups in total. The van der Waals surface area contributed by atoms with E-state index in [1.165, 1.54) is 25.4 Å². The van der Waals surface area contributed by atoms with Crippen LogP contribution in [0.1, 0.15) is 27.6 Å². The number of methoxy groups -OCH3 is 1. The summed E-state index contributed by atoms with van der Waals surface area (Å²) in [5.74, 6) is 0. The van der Waals surface area contributed by atoms with Crippen molar-refractivity contribution in [1.82, 2.24) is 5.32 Å². The van der Waals surface area contributed by atoms with E-state index >= 15 is 0 Å². The summed E-state index contributed by atoms with van der Waals surface area (Å²) >= 11 is 5.40. The van der Waals surface area contributed by atoms with E-state index in [1.54, 1.807) is 18.4 Å². The Morgan fingerprint density at radius 2 is 2.00 bits per heavy atom. The number of aryl methyl sites for hydroxylation is 1. The van der Waals surface area contributed by atoms with Crippen molar-refractivity contribution in [3.8, 4) is 0 Å². The number of thiophene rings is 1. The second-order valence-corrected chi connectivity index (χ2v) is 7.21. The first kappa shape index (κ1) is 15.7. The normalized spacial score (nSPS) is 12.6. The van der Waals surface area contributed by atoms with Crippen LogP contribution in [0.4, 0.5) is 0 Å². The monoisotopic (exact) mass is 353 g/mol. The average molecular weight is 354 g/mol. The number of benzene rings is 1. The summed E-state index contributed by atoms with van der Waals surface area (Å²) in [6, 6.07) is 11.3. The molecule has 0 saturated carbocycles. The Labute approximate surface area is 133 Å². The number of nitrogens with one attached hydrogen (secondary N) is 1. The Morgan fingerprint density at radius 3 is 2.50 bits per heavy atom. The quantitative estimate of drug-likeness (QED) is 0.834. The summed E-state index contributed by atoms with van der Waals surface area (Å²) in [5.41, 5.74) is 3.90. The summed E-state index contributed by atoms with van der Waals surface area (Å²) in [6.45, 7) is 2.90. The predicted molar refractivity (Wildman–Crippen MR) is 89.7 cm³/mol. The van der Waals surface area contributed by atoms with Crippen molar-refractivity contribution >= 4 is 27.3 Å². The summed E-state index contributed by atoms with van der Waals surface area (Å²) in [6.07, 6.45) is 0.963. The molecule has 2 aromatic rings. The van der Waals surface area contributed by atoms with E-state index in [-0.39, 0.29) is 6.04 Å². The molecule has 1 heterocycles. The average Bonchev–Trinajstić information content (AvgIpc) is 2.78. The van der Waals surface area contributed by atoms with Gasteiger partial charge in [-0.2, -0.15) is 0 Å². The zero-order valence-corrected chi connectivity index (χ0v) is 14.5. The summed E-state index contributed by atoms with van der Waals surface area (Å²) in [7, 11) is 3.74. The van der Waals surface area contributed by atoms with Gasteiger partial charge in [-0.15, -0.1) is 11.3 Å². The van der Waals surface area contributed by atoms with Crippen molar-refractivity contribution in [1.29, 1.82) is 0 Å². The van der Waals surface area contributed by atoms with E-state index < -0.39 is 0 Å². The number of halogens is 1. The van der Waals surface area contributed by atoms with Crippen LogP contribution in [0.25, 0.3) is 0 Å². The molecular weight excluding hydrogens is 334 g/mol. The number of ether oxygens (including phenoxy) is 1. The summed E-state index contributed by atoms with van der Waals surface area (Å²) in [4.78, 5) is 1.33. The lowest BCUT2D eigenvalue weighted by Crippen LogP contribution is -2.16. The van der Waals surface area contributed by atoms with Gasteiger partial charge in [0.15, 0.2) is 0 Å². The highest BCUT2D eigenvalue weighted by Crippen LogP contribution is 2.34. The van der Waals surface area contributed by atoms with Gasteiger partial charge in [-0.05, 0) is 59.1 Å². The highest BCUT2D eigenvalue weighted by atomic mass is 79.9. The molecule has 0 aliphatic heterocycles. The van der Waals surface area contributed by atoms with Gasteiger partial charge < -0.3 is 10.1 Å². The second-order valence-electron chi connectivity index (χ2n) is 4.81. The van der Waals surface area contributed by atoms with Crippen LogP contribution in [0.5, 0.6) is 0 Å².